The molecule has 21 heavy (non-hydrogen) atoms. The molecule has 0 heterocycles. The predicted octanol–water partition coefficient (Wildman–Crippen LogP) is 4.49. The fourth-order valence-electron chi connectivity index (χ4n) is 1.88. The first-order chi connectivity index (χ1) is 9.99. The van der Waals surface area contributed by atoms with Gasteiger partial charge in [-0.2, -0.15) is 12.6 Å². The summed E-state index contributed by atoms with van der Waals surface area (Å²) < 4.78 is 0. The van der Waals surface area contributed by atoms with Gasteiger partial charge in [0.05, 0.1) is 6.04 Å². The Morgan fingerprint density at radius 1 is 1.00 bits per heavy atom. The molecule has 0 unspecified atom stereocenters. The van der Waals surface area contributed by atoms with Gasteiger partial charge in [-0.15, -0.1) is 0 Å². The monoisotopic (exact) mass is 309 g/mol. The summed E-state index contributed by atoms with van der Waals surface area (Å²) in [7, 11) is 0. The molecule has 0 aliphatic heterocycles. The number of nitrogens with one attached hydrogen (secondary N) is 1. The van der Waals surface area contributed by atoms with Crippen LogP contribution >= 0.6 is 12.6 Å². The van der Waals surface area contributed by atoms with Crippen LogP contribution in [0.15, 0.2) is 34.9 Å². The van der Waals surface area contributed by atoms with E-state index in [1.807, 2.05) is 0 Å². The predicted molar refractivity (Wildman–Crippen MR) is 97.1 cm³/mol. The minimum Gasteiger partial charge on any atom is -0.304 e. The van der Waals surface area contributed by atoms with Crippen LogP contribution in [0.1, 0.15) is 53.4 Å². The molecule has 120 valence electrons. The normalized spacial score (nSPS) is 14.0. The standard InChI is InChI=1S/C18H31NOS/c1-15(2)7-5-8-16(3)9-6-10-17(4)11-12-19-18(13-20)14-21/h7,9,11,13,18-19,21H,5-6,8,10,12,14H2,1-4H3/t18-/m1/s1. The van der Waals surface area contributed by atoms with Crippen molar-refractivity contribution in [3.05, 3.63) is 34.9 Å². The van der Waals surface area contributed by atoms with Crippen molar-refractivity contribution in [3.63, 3.8) is 0 Å². The number of carbonyl (C=O) groups excluding carboxylic acids is 1. The highest BCUT2D eigenvalue weighted by Gasteiger charge is 2.00. The first kappa shape index (κ1) is 20.2. The maximum Gasteiger partial charge on any atom is 0.137 e. The topological polar surface area (TPSA) is 29.1 Å². The van der Waals surface area contributed by atoms with Gasteiger partial charge in [-0.3, -0.25) is 0 Å². The summed E-state index contributed by atoms with van der Waals surface area (Å²) in [5, 5.41) is 3.14. The molecule has 2 nitrogen and oxygen atoms in total. The second kappa shape index (κ2) is 12.9. The zero-order valence-electron chi connectivity index (χ0n) is 14.0. The van der Waals surface area contributed by atoms with Gasteiger partial charge in [-0.25, -0.2) is 0 Å². The molecule has 1 atom stereocenters. The largest absolute Gasteiger partial charge is 0.304 e. The minimum atomic E-state index is -0.144. The SMILES string of the molecule is CC(C)=CCCC(C)=CCCC(C)=CCN[C@H](C=O)CS. The number of thiol groups is 1. The van der Waals surface area contributed by atoms with Gasteiger partial charge in [-0.05, 0) is 53.4 Å². The van der Waals surface area contributed by atoms with Crippen molar-refractivity contribution in [2.45, 2.75) is 59.4 Å². The molecule has 0 rings (SSSR count). The Labute approximate surface area is 136 Å². The van der Waals surface area contributed by atoms with Crippen LogP contribution in [-0.2, 0) is 4.79 Å². The quantitative estimate of drug-likeness (QED) is 0.334. The third-order valence-electron chi connectivity index (χ3n) is 3.31. The molecule has 0 amide bonds. The lowest BCUT2D eigenvalue weighted by molar-refractivity contribution is -0.109. The number of hydrogen-bond acceptors (Lipinski definition) is 3. The molecule has 0 aliphatic carbocycles. The average Bonchev–Trinajstić information content (AvgIpc) is 2.43. The summed E-state index contributed by atoms with van der Waals surface area (Å²) in [4.78, 5) is 10.6. The Balaban J connectivity index is 3.93. The highest BCUT2D eigenvalue weighted by Crippen LogP contribution is 2.11. The lowest BCUT2D eigenvalue weighted by atomic mass is 10.1. The van der Waals surface area contributed by atoms with Crippen LogP contribution in [0, 0.1) is 0 Å². The molecule has 1 N–H and O–H groups in total. The molecule has 0 saturated heterocycles. The van der Waals surface area contributed by atoms with Gasteiger partial charge >= 0.3 is 0 Å². The van der Waals surface area contributed by atoms with E-state index in [9.17, 15) is 4.79 Å². The zero-order valence-corrected chi connectivity index (χ0v) is 14.9. The van der Waals surface area contributed by atoms with E-state index >= 15 is 0 Å². The molecule has 0 saturated carbocycles. The molecule has 3 heteroatoms. The van der Waals surface area contributed by atoms with Gasteiger partial charge in [0.1, 0.15) is 6.29 Å². The summed E-state index contributed by atoms with van der Waals surface area (Å²) in [6, 6.07) is -0.144. The molecule has 0 fully saturated rings. The zero-order chi connectivity index (χ0) is 16.1. The molecule has 0 aromatic rings. The third-order valence-corrected chi connectivity index (χ3v) is 3.71. The molecular weight excluding hydrogens is 278 g/mol. The van der Waals surface area contributed by atoms with Crippen molar-refractivity contribution < 1.29 is 4.79 Å². The van der Waals surface area contributed by atoms with Crippen LogP contribution in [-0.4, -0.2) is 24.6 Å². The third kappa shape index (κ3) is 12.6. The van der Waals surface area contributed by atoms with Gasteiger partial charge in [0.2, 0.25) is 0 Å². The average molecular weight is 310 g/mol. The summed E-state index contributed by atoms with van der Waals surface area (Å²) >= 11 is 4.11. The highest BCUT2D eigenvalue weighted by molar-refractivity contribution is 7.80. The highest BCUT2D eigenvalue weighted by atomic mass is 32.1. The molecule has 0 spiro atoms. The van der Waals surface area contributed by atoms with Crippen LogP contribution < -0.4 is 5.32 Å². The van der Waals surface area contributed by atoms with Crippen molar-refractivity contribution in [3.8, 4) is 0 Å². The Hall–Kier alpha value is -0.800. The Kier molecular flexibility index (Phi) is 12.4. The van der Waals surface area contributed by atoms with E-state index in [-0.39, 0.29) is 6.04 Å². The van der Waals surface area contributed by atoms with Crippen molar-refractivity contribution in [1.82, 2.24) is 5.32 Å². The van der Waals surface area contributed by atoms with Crippen molar-refractivity contribution >= 4 is 18.9 Å². The molecule has 0 aromatic carbocycles. The maximum absolute atomic E-state index is 10.6. The number of rotatable bonds is 11. The van der Waals surface area contributed by atoms with Gasteiger partial charge in [-0.1, -0.05) is 34.9 Å². The Morgan fingerprint density at radius 3 is 2.10 bits per heavy atom. The Bertz CT molecular complexity index is 379. The number of carbonyl (C=O) groups is 1. The van der Waals surface area contributed by atoms with Crippen molar-refractivity contribution in [2.75, 3.05) is 12.3 Å². The molecular formula is C18H31NOS. The van der Waals surface area contributed by atoms with E-state index in [1.54, 1.807) is 0 Å². The maximum atomic E-state index is 10.6. The van der Waals surface area contributed by atoms with E-state index in [0.29, 0.717) is 5.75 Å². The molecule has 0 aliphatic rings. The lowest BCUT2D eigenvalue weighted by Crippen LogP contribution is -2.32. The van der Waals surface area contributed by atoms with E-state index in [1.165, 1.54) is 16.7 Å². The van der Waals surface area contributed by atoms with Gasteiger partial charge < -0.3 is 10.1 Å². The molecule has 0 radical (unpaired) electrons. The lowest BCUT2D eigenvalue weighted by Gasteiger charge is -2.07. The van der Waals surface area contributed by atoms with Crippen LogP contribution in [0.5, 0.6) is 0 Å². The summed E-state index contributed by atoms with van der Waals surface area (Å²) in [6.07, 6.45) is 12.2. The van der Waals surface area contributed by atoms with Crippen LogP contribution in [0.2, 0.25) is 0 Å². The van der Waals surface area contributed by atoms with Crippen LogP contribution in [0.3, 0.4) is 0 Å². The fraction of sp³-hybridized carbons (Fsp3) is 0.611. The summed E-state index contributed by atoms with van der Waals surface area (Å²) in [5.74, 6) is 0.546. The number of allylic oxidation sites excluding steroid dienone is 5. The van der Waals surface area contributed by atoms with E-state index in [4.69, 9.17) is 0 Å². The smallest absolute Gasteiger partial charge is 0.137 e. The van der Waals surface area contributed by atoms with Crippen molar-refractivity contribution in [2.24, 2.45) is 0 Å². The number of aldehydes is 1. The summed E-state index contributed by atoms with van der Waals surface area (Å²) in [5.41, 5.74) is 4.22. The second-order valence-electron chi connectivity index (χ2n) is 5.79. The van der Waals surface area contributed by atoms with E-state index in [0.717, 1.165) is 38.5 Å². The van der Waals surface area contributed by atoms with E-state index < -0.39 is 0 Å². The first-order valence-electron chi connectivity index (χ1n) is 7.73. The second-order valence-corrected chi connectivity index (χ2v) is 6.16. The molecule has 0 bridgehead atoms. The molecule has 0 aromatic heterocycles. The van der Waals surface area contributed by atoms with Gasteiger partial charge in [0, 0.05) is 12.3 Å². The van der Waals surface area contributed by atoms with Gasteiger partial charge in [0.25, 0.3) is 0 Å². The fourth-order valence-corrected chi connectivity index (χ4v) is 2.09. The Morgan fingerprint density at radius 2 is 1.57 bits per heavy atom. The first-order valence-corrected chi connectivity index (χ1v) is 8.37. The van der Waals surface area contributed by atoms with Crippen LogP contribution in [0.25, 0.3) is 0 Å². The van der Waals surface area contributed by atoms with Gasteiger partial charge in [0.15, 0.2) is 0 Å². The van der Waals surface area contributed by atoms with Crippen molar-refractivity contribution in [1.29, 1.82) is 0 Å². The summed E-state index contributed by atoms with van der Waals surface area (Å²) in [6.45, 7) is 9.37. The van der Waals surface area contributed by atoms with Crippen LogP contribution in [0.4, 0.5) is 0 Å². The minimum absolute atomic E-state index is 0.144. The van der Waals surface area contributed by atoms with E-state index in [2.05, 4.69) is 63.9 Å². The number of hydrogen-bond donors (Lipinski definition) is 2.